The molecule has 0 spiro atoms. The molecule has 2 amide bonds. The molecule has 1 aromatic heterocycles. The van der Waals surface area contributed by atoms with Crippen LogP contribution in [0.2, 0.25) is 10.0 Å². The number of aromatic carboxylic acids is 1. The number of benzene rings is 1. The van der Waals surface area contributed by atoms with Gasteiger partial charge in [-0.25, -0.2) is 9.59 Å². The van der Waals surface area contributed by atoms with Crippen LogP contribution in [0.4, 0.5) is 15.5 Å². The molecule has 0 saturated heterocycles. The molecule has 8 heteroatoms. The smallest absolute Gasteiger partial charge is 0.346 e. The van der Waals surface area contributed by atoms with Crippen molar-refractivity contribution >= 4 is 57.2 Å². The van der Waals surface area contributed by atoms with Gasteiger partial charge < -0.3 is 10.4 Å². The number of urea groups is 1. The lowest BCUT2D eigenvalue weighted by atomic mass is 10.3. The molecule has 0 unspecified atom stereocenters. The molecule has 110 valence electrons. The van der Waals surface area contributed by atoms with Gasteiger partial charge in [-0.3, -0.25) is 5.32 Å². The molecule has 0 bridgehead atoms. The second-order valence-corrected chi connectivity index (χ2v) is 6.03. The molecule has 2 rings (SSSR count). The fourth-order valence-electron chi connectivity index (χ4n) is 1.61. The van der Waals surface area contributed by atoms with Gasteiger partial charge in [0.2, 0.25) is 0 Å². The summed E-state index contributed by atoms with van der Waals surface area (Å²) in [4.78, 5) is 23.0. The number of carbonyl (C=O) groups is 2. The SMILES string of the molecule is Cc1cc(NC(=O)Nc2cc(Cl)ccc2Cl)sc1C(=O)O. The Bertz CT molecular complexity index is 715. The molecule has 0 aliphatic carbocycles. The van der Waals surface area contributed by atoms with E-state index < -0.39 is 12.0 Å². The Balaban J connectivity index is 2.10. The zero-order valence-corrected chi connectivity index (χ0v) is 13.1. The van der Waals surface area contributed by atoms with Crippen molar-refractivity contribution in [1.29, 1.82) is 0 Å². The Hall–Kier alpha value is -1.76. The highest BCUT2D eigenvalue weighted by Crippen LogP contribution is 2.28. The van der Waals surface area contributed by atoms with Gasteiger partial charge in [0, 0.05) is 5.02 Å². The number of thiophene rings is 1. The van der Waals surface area contributed by atoms with Crippen LogP contribution in [-0.2, 0) is 0 Å². The highest BCUT2D eigenvalue weighted by Gasteiger charge is 2.14. The monoisotopic (exact) mass is 344 g/mol. The van der Waals surface area contributed by atoms with Crippen LogP contribution in [0.25, 0.3) is 0 Å². The van der Waals surface area contributed by atoms with E-state index in [-0.39, 0.29) is 4.88 Å². The first-order valence-electron chi connectivity index (χ1n) is 5.73. The van der Waals surface area contributed by atoms with Crippen LogP contribution < -0.4 is 10.6 Å². The molecule has 0 atom stereocenters. The van der Waals surface area contributed by atoms with Gasteiger partial charge in [0.25, 0.3) is 0 Å². The van der Waals surface area contributed by atoms with Crippen LogP contribution >= 0.6 is 34.5 Å². The van der Waals surface area contributed by atoms with Gasteiger partial charge in [0.15, 0.2) is 0 Å². The maximum absolute atomic E-state index is 11.9. The van der Waals surface area contributed by atoms with Gasteiger partial charge in [0.05, 0.1) is 15.7 Å². The van der Waals surface area contributed by atoms with Crippen LogP contribution in [0.5, 0.6) is 0 Å². The van der Waals surface area contributed by atoms with Crippen molar-refractivity contribution < 1.29 is 14.7 Å². The molecular weight excluding hydrogens is 335 g/mol. The molecule has 0 saturated carbocycles. The van der Waals surface area contributed by atoms with E-state index in [0.717, 1.165) is 11.3 Å². The first-order chi connectivity index (χ1) is 9.86. The lowest BCUT2D eigenvalue weighted by Gasteiger charge is -2.08. The largest absolute Gasteiger partial charge is 0.477 e. The van der Waals surface area contributed by atoms with E-state index in [1.807, 2.05) is 0 Å². The topological polar surface area (TPSA) is 78.4 Å². The van der Waals surface area contributed by atoms with Crippen molar-refractivity contribution in [1.82, 2.24) is 0 Å². The van der Waals surface area contributed by atoms with E-state index in [4.69, 9.17) is 28.3 Å². The summed E-state index contributed by atoms with van der Waals surface area (Å²) in [5.74, 6) is -1.02. The summed E-state index contributed by atoms with van der Waals surface area (Å²) in [7, 11) is 0. The minimum atomic E-state index is -1.02. The van der Waals surface area contributed by atoms with E-state index in [1.165, 1.54) is 6.07 Å². The van der Waals surface area contributed by atoms with E-state index in [9.17, 15) is 9.59 Å². The van der Waals surface area contributed by atoms with Crippen LogP contribution in [0.15, 0.2) is 24.3 Å². The number of aryl methyl sites for hydroxylation is 1. The van der Waals surface area contributed by atoms with E-state index in [2.05, 4.69) is 10.6 Å². The summed E-state index contributed by atoms with van der Waals surface area (Å²) >= 11 is 12.7. The number of carboxylic acids is 1. The zero-order valence-electron chi connectivity index (χ0n) is 10.7. The van der Waals surface area contributed by atoms with Gasteiger partial charge >= 0.3 is 12.0 Å². The number of carbonyl (C=O) groups excluding carboxylic acids is 1. The molecule has 3 N–H and O–H groups in total. The molecule has 0 aliphatic heterocycles. The maximum atomic E-state index is 11.9. The van der Waals surface area contributed by atoms with E-state index in [0.29, 0.717) is 26.3 Å². The summed E-state index contributed by atoms with van der Waals surface area (Å²) in [6.45, 7) is 1.66. The van der Waals surface area contributed by atoms with Gasteiger partial charge in [-0.2, -0.15) is 0 Å². The third-order valence-electron chi connectivity index (χ3n) is 2.53. The van der Waals surface area contributed by atoms with Crippen molar-refractivity contribution in [3.05, 3.63) is 44.8 Å². The number of hydrogen-bond acceptors (Lipinski definition) is 3. The number of nitrogens with one attached hydrogen (secondary N) is 2. The highest BCUT2D eigenvalue weighted by molar-refractivity contribution is 7.18. The number of amides is 2. The van der Waals surface area contributed by atoms with Crippen LogP contribution in [0.1, 0.15) is 15.2 Å². The molecule has 2 aromatic rings. The second kappa shape index (κ2) is 6.34. The van der Waals surface area contributed by atoms with Gasteiger partial charge in [0.1, 0.15) is 4.88 Å². The Morgan fingerprint density at radius 3 is 2.52 bits per heavy atom. The van der Waals surface area contributed by atoms with Crippen LogP contribution in [-0.4, -0.2) is 17.1 Å². The van der Waals surface area contributed by atoms with E-state index in [1.54, 1.807) is 25.1 Å². The third-order valence-corrected chi connectivity index (χ3v) is 4.23. The fraction of sp³-hybridized carbons (Fsp3) is 0.0769. The van der Waals surface area contributed by atoms with Crippen molar-refractivity contribution in [3.8, 4) is 0 Å². The lowest BCUT2D eigenvalue weighted by molar-refractivity contribution is 0.0701. The molecule has 21 heavy (non-hydrogen) atoms. The van der Waals surface area contributed by atoms with Gasteiger partial charge in [-0.1, -0.05) is 23.2 Å². The highest BCUT2D eigenvalue weighted by atomic mass is 35.5. The predicted octanol–water partition coefficient (Wildman–Crippen LogP) is 4.71. The third kappa shape index (κ3) is 3.87. The predicted molar refractivity (Wildman–Crippen MR) is 85.1 cm³/mol. The standard InChI is InChI=1S/C13H10Cl2N2O3S/c1-6-4-10(21-11(6)12(18)19)17-13(20)16-9-5-7(14)2-3-8(9)15/h2-5H,1H3,(H,18,19)(H2,16,17,20). The summed E-state index contributed by atoms with van der Waals surface area (Å²) < 4.78 is 0. The summed E-state index contributed by atoms with van der Waals surface area (Å²) in [5, 5.41) is 15.3. The van der Waals surface area contributed by atoms with Gasteiger partial charge in [-0.15, -0.1) is 11.3 Å². The Morgan fingerprint density at radius 2 is 1.90 bits per heavy atom. The maximum Gasteiger partial charge on any atom is 0.346 e. The van der Waals surface area contributed by atoms with Crippen molar-refractivity contribution in [2.24, 2.45) is 0 Å². The Labute approximate surface area is 134 Å². The first kappa shape index (κ1) is 15.6. The molecule has 1 heterocycles. The number of carboxylic acid groups (broad SMARTS) is 1. The average Bonchev–Trinajstić information content (AvgIpc) is 2.74. The average molecular weight is 345 g/mol. The Kier molecular flexibility index (Phi) is 4.72. The van der Waals surface area contributed by atoms with Crippen LogP contribution in [0, 0.1) is 6.92 Å². The fourth-order valence-corrected chi connectivity index (χ4v) is 2.86. The van der Waals surface area contributed by atoms with Crippen LogP contribution in [0.3, 0.4) is 0 Å². The summed E-state index contributed by atoms with van der Waals surface area (Å²) in [5.41, 5.74) is 0.956. The summed E-state index contributed by atoms with van der Waals surface area (Å²) in [6.07, 6.45) is 0. The minimum absolute atomic E-state index is 0.186. The number of hydrogen-bond donors (Lipinski definition) is 3. The number of halogens is 2. The Morgan fingerprint density at radius 1 is 1.19 bits per heavy atom. The van der Waals surface area contributed by atoms with Gasteiger partial charge in [-0.05, 0) is 36.8 Å². The molecular formula is C13H10Cl2N2O3S. The molecule has 0 radical (unpaired) electrons. The molecule has 0 aliphatic rings. The lowest BCUT2D eigenvalue weighted by Crippen LogP contribution is -2.18. The molecule has 5 nitrogen and oxygen atoms in total. The quantitative estimate of drug-likeness (QED) is 0.754. The first-order valence-corrected chi connectivity index (χ1v) is 7.31. The molecule has 1 aromatic carbocycles. The molecule has 0 fully saturated rings. The normalized spacial score (nSPS) is 10.2. The number of rotatable bonds is 3. The minimum Gasteiger partial charge on any atom is -0.477 e. The second-order valence-electron chi connectivity index (χ2n) is 4.13. The number of anilines is 2. The van der Waals surface area contributed by atoms with Crippen molar-refractivity contribution in [3.63, 3.8) is 0 Å². The van der Waals surface area contributed by atoms with Crippen molar-refractivity contribution in [2.75, 3.05) is 10.6 Å². The zero-order chi connectivity index (χ0) is 15.6. The van der Waals surface area contributed by atoms with E-state index >= 15 is 0 Å². The summed E-state index contributed by atoms with van der Waals surface area (Å²) in [6, 6.07) is 5.75. The van der Waals surface area contributed by atoms with Crippen molar-refractivity contribution in [2.45, 2.75) is 6.92 Å².